The predicted molar refractivity (Wildman–Crippen MR) is 60.8 cm³/mol. The van der Waals surface area contributed by atoms with Gasteiger partial charge < -0.3 is 14.6 Å². The van der Waals surface area contributed by atoms with Crippen LogP contribution in [0.5, 0.6) is 0 Å². The Bertz CT molecular complexity index is 382. The van der Waals surface area contributed by atoms with Gasteiger partial charge in [-0.15, -0.1) is 0 Å². The van der Waals surface area contributed by atoms with Gasteiger partial charge in [-0.25, -0.2) is 0 Å². The fraction of sp³-hybridized carbons (Fsp3) is 0.333. The molecule has 16 heavy (non-hydrogen) atoms. The Morgan fingerprint density at radius 3 is 2.62 bits per heavy atom. The summed E-state index contributed by atoms with van der Waals surface area (Å²) in [6, 6.07) is 7.36. The van der Waals surface area contributed by atoms with Crippen LogP contribution in [0, 0.1) is 0 Å². The average Bonchev–Trinajstić information content (AvgIpc) is 2.76. The number of halogens is 1. The lowest BCUT2D eigenvalue weighted by Crippen LogP contribution is -2.27. The van der Waals surface area contributed by atoms with Gasteiger partial charge in [-0.1, -0.05) is 23.7 Å². The van der Waals surface area contributed by atoms with Crippen LogP contribution in [0.2, 0.25) is 5.02 Å². The highest BCUT2D eigenvalue weighted by Gasteiger charge is 2.37. The van der Waals surface area contributed by atoms with Crippen LogP contribution in [0.15, 0.2) is 36.8 Å². The van der Waals surface area contributed by atoms with Crippen molar-refractivity contribution in [1.29, 1.82) is 0 Å². The smallest absolute Gasteiger partial charge is 0.276 e. The molecule has 0 spiro atoms. The molecule has 0 fully saturated rings. The Morgan fingerprint density at radius 2 is 2.00 bits per heavy atom. The Morgan fingerprint density at radius 1 is 1.25 bits per heavy atom. The Hall–Kier alpha value is -1.19. The molecule has 0 aliphatic carbocycles. The highest BCUT2D eigenvalue weighted by molar-refractivity contribution is 6.30. The first kappa shape index (κ1) is 11.3. The van der Waals surface area contributed by atoms with E-state index in [-0.39, 0.29) is 6.61 Å². The zero-order chi connectivity index (χ0) is 11.4. The molecule has 2 rings (SSSR count). The Kier molecular flexibility index (Phi) is 3.36. The molecule has 1 aromatic carbocycles. The third-order valence-corrected chi connectivity index (χ3v) is 2.74. The van der Waals surface area contributed by atoms with Crippen molar-refractivity contribution in [3.05, 3.63) is 47.4 Å². The number of hydrogen-bond donors (Lipinski definition) is 1. The molecular weight excluding hydrogens is 228 g/mol. The molecule has 0 bridgehead atoms. The minimum atomic E-state index is -0.826. The van der Waals surface area contributed by atoms with Gasteiger partial charge in [-0.2, -0.15) is 0 Å². The topological polar surface area (TPSA) is 38.7 Å². The molecule has 1 aromatic rings. The number of aliphatic hydroxyl groups is 1. The quantitative estimate of drug-likeness (QED) is 0.880. The number of benzene rings is 1. The normalized spacial score (nSPS) is 16.9. The summed E-state index contributed by atoms with van der Waals surface area (Å²) in [5, 5.41) is 9.52. The van der Waals surface area contributed by atoms with Crippen LogP contribution in [-0.2, 0) is 15.3 Å². The molecule has 0 radical (unpaired) electrons. The molecule has 0 aromatic heterocycles. The van der Waals surface area contributed by atoms with E-state index in [2.05, 4.69) is 0 Å². The average molecular weight is 241 g/mol. The van der Waals surface area contributed by atoms with E-state index in [0.717, 1.165) is 5.56 Å². The maximum absolute atomic E-state index is 8.88. The van der Waals surface area contributed by atoms with Crippen molar-refractivity contribution in [2.24, 2.45) is 0 Å². The molecule has 0 amide bonds. The minimum absolute atomic E-state index is 0.106. The molecule has 86 valence electrons. The number of rotatable bonds is 4. The molecule has 0 atom stereocenters. The first-order valence-corrected chi connectivity index (χ1v) is 5.52. The zero-order valence-corrected chi connectivity index (χ0v) is 9.48. The van der Waals surface area contributed by atoms with Gasteiger partial charge in [0.05, 0.1) is 0 Å². The first-order valence-electron chi connectivity index (χ1n) is 5.14. The van der Waals surface area contributed by atoms with Gasteiger partial charge in [-0.05, 0) is 18.6 Å². The van der Waals surface area contributed by atoms with Crippen molar-refractivity contribution in [2.75, 3.05) is 6.61 Å². The van der Waals surface area contributed by atoms with Gasteiger partial charge in [0.1, 0.15) is 12.5 Å². The summed E-state index contributed by atoms with van der Waals surface area (Å²) in [6.07, 6.45) is 4.21. The third-order valence-electron chi connectivity index (χ3n) is 2.50. The Balaban J connectivity index is 2.25. The van der Waals surface area contributed by atoms with Crippen molar-refractivity contribution < 1.29 is 14.6 Å². The highest BCUT2D eigenvalue weighted by Crippen LogP contribution is 2.37. The van der Waals surface area contributed by atoms with Gasteiger partial charge in [-0.3, -0.25) is 0 Å². The monoisotopic (exact) mass is 240 g/mol. The van der Waals surface area contributed by atoms with Crippen LogP contribution < -0.4 is 0 Å². The standard InChI is InChI=1S/C12H13ClO3/c13-11-4-1-3-10(9-11)12(5-2-6-14)15-7-8-16-12/h1,3-4,7-9,14H,2,5-6H2. The van der Waals surface area contributed by atoms with E-state index < -0.39 is 5.79 Å². The SMILES string of the molecule is OCCCC1(c2cccc(Cl)c2)OC=CO1. The second-order valence-corrected chi connectivity index (χ2v) is 4.03. The van der Waals surface area contributed by atoms with E-state index in [0.29, 0.717) is 17.9 Å². The lowest BCUT2D eigenvalue weighted by molar-refractivity contribution is -0.157. The molecule has 1 aliphatic heterocycles. The second kappa shape index (κ2) is 4.76. The first-order chi connectivity index (χ1) is 7.77. The van der Waals surface area contributed by atoms with E-state index in [1.807, 2.05) is 18.2 Å². The lowest BCUT2D eigenvalue weighted by atomic mass is 10.0. The molecule has 3 nitrogen and oxygen atoms in total. The van der Waals surface area contributed by atoms with Gasteiger partial charge in [0.2, 0.25) is 0 Å². The van der Waals surface area contributed by atoms with Crippen LogP contribution >= 0.6 is 11.6 Å². The fourth-order valence-corrected chi connectivity index (χ4v) is 1.93. The van der Waals surface area contributed by atoms with Gasteiger partial charge >= 0.3 is 0 Å². The van der Waals surface area contributed by atoms with Crippen molar-refractivity contribution >= 4 is 11.6 Å². The van der Waals surface area contributed by atoms with Crippen molar-refractivity contribution in [1.82, 2.24) is 0 Å². The maximum atomic E-state index is 8.88. The summed E-state index contributed by atoms with van der Waals surface area (Å²) < 4.78 is 11.0. The van der Waals surface area contributed by atoms with Crippen LogP contribution in [0.3, 0.4) is 0 Å². The molecule has 1 heterocycles. The second-order valence-electron chi connectivity index (χ2n) is 3.60. The summed E-state index contributed by atoms with van der Waals surface area (Å²) >= 11 is 5.94. The summed E-state index contributed by atoms with van der Waals surface area (Å²) in [6.45, 7) is 0.106. The lowest BCUT2D eigenvalue weighted by Gasteiger charge is -2.28. The van der Waals surface area contributed by atoms with E-state index in [4.69, 9.17) is 26.2 Å². The van der Waals surface area contributed by atoms with Crippen LogP contribution in [-0.4, -0.2) is 11.7 Å². The number of hydrogen-bond acceptors (Lipinski definition) is 3. The predicted octanol–water partition coefficient (Wildman–Crippen LogP) is 2.78. The summed E-state index contributed by atoms with van der Waals surface area (Å²) in [5.41, 5.74) is 0.860. The van der Waals surface area contributed by atoms with Gasteiger partial charge in [0, 0.05) is 23.6 Å². The summed E-state index contributed by atoms with van der Waals surface area (Å²) in [5.74, 6) is -0.826. The highest BCUT2D eigenvalue weighted by atomic mass is 35.5. The van der Waals surface area contributed by atoms with Crippen molar-refractivity contribution in [3.63, 3.8) is 0 Å². The number of ether oxygens (including phenoxy) is 2. The largest absolute Gasteiger partial charge is 0.453 e. The molecule has 0 unspecified atom stereocenters. The molecule has 1 aliphatic rings. The van der Waals surface area contributed by atoms with E-state index >= 15 is 0 Å². The Labute approximate surface area is 99.3 Å². The van der Waals surface area contributed by atoms with Crippen molar-refractivity contribution in [2.45, 2.75) is 18.6 Å². The fourth-order valence-electron chi connectivity index (χ4n) is 1.74. The zero-order valence-electron chi connectivity index (χ0n) is 8.73. The van der Waals surface area contributed by atoms with Gasteiger partial charge in [0.15, 0.2) is 0 Å². The maximum Gasteiger partial charge on any atom is 0.276 e. The van der Waals surface area contributed by atoms with E-state index in [1.165, 1.54) is 12.5 Å². The van der Waals surface area contributed by atoms with Crippen LogP contribution in [0.4, 0.5) is 0 Å². The molecule has 0 saturated carbocycles. The van der Waals surface area contributed by atoms with E-state index in [9.17, 15) is 0 Å². The molecular formula is C12H13ClO3. The molecule has 0 saturated heterocycles. The minimum Gasteiger partial charge on any atom is -0.453 e. The molecule has 1 N–H and O–H groups in total. The van der Waals surface area contributed by atoms with Crippen molar-refractivity contribution in [3.8, 4) is 0 Å². The number of aliphatic hydroxyl groups excluding tert-OH is 1. The third kappa shape index (κ3) is 2.15. The van der Waals surface area contributed by atoms with Crippen LogP contribution in [0.1, 0.15) is 18.4 Å². The summed E-state index contributed by atoms with van der Waals surface area (Å²) in [7, 11) is 0. The van der Waals surface area contributed by atoms with E-state index in [1.54, 1.807) is 6.07 Å². The van der Waals surface area contributed by atoms with Crippen LogP contribution in [0.25, 0.3) is 0 Å². The molecule has 4 heteroatoms. The van der Waals surface area contributed by atoms with Gasteiger partial charge in [0.25, 0.3) is 5.79 Å². The summed E-state index contributed by atoms with van der Waals surface area (Å²) in [4.78, 5) is 0.